The Hall–Kier alpha value is -7.04. The van der Waals surface area contributed by atoms with Gasteiger partial charge in [0, 0.05) is 88.3 Å². The summed E-state index contributed by atoms with van der Waals surface area (Å²) in [5.74, 6) is -8.12. The average Bonchev–Trinajstić information content (AvgIpc) is 3.68. The molecule has 2 aromatic carbocycles. The zero-order valence-corrected chi connectivity index (χ0v) is 43.7. The molecule has 2 aliphatic heterocycles. The predicted octanol–water partition coefficient (Wildman–Crippen LogP) is -0.723. The number of carboxylic acids is 5. The van der Waals surface area contributed by atoms with Gasteiger partial charge in [0.25, 0.3) is 17.7 Å². The number of anilines is 1. The number of aliphatic carboxylic acids is 5. The van der Waals surface area contributed by atoms with E-state index in [1.165, 1.54) is 11.8 Å². The van der Waals surface area contributed by atoms with Crippen molar-refractivity contribution in [2.75, 3.05) is 102 Å². The monoisotopic (exact) mass is 1100 g/mol. The fourth-order valence-electron chi connectivity index (χ4n) is 8.34. The molecule has 2 aromatic rings. The van der Waals surface area contributed by atoms with E-state index < -0.39 is 90.6 Å². The van der Waals surface area contributed by atoms with Crippen molar-refractivity contribution in [1.29, 1.82) is 0 Å². The number of carboxylic acid groups (broad SMARTS) is 5. The van der Waals surface area contributed by atoms with E-state index in [1.807, 2.05) is 6.26 Å². The van der Waals surface area contributed by atoms with Crippen LogP contribution in [0.2, 0.25) is 0 Å². The number of benzene rings is 2. The Morgan fingerprint density at radius 1 is 0.684 bits per heavy atom. The van der Waals surface area contributed by atoms with Crippen LogP contribution in [0, 0.1) is 0 Å². The standard InChI is InChI=1S/C49H66N10O15S2/c1-76-22-14-37(47(72)50-26-39(60)53-38(48(73)74)7-2-3-15-59-40(61)12-13-41(59)62)54-46(71)34-6-4-5-33(23-34)25-51-49(75)52-35-10-8-32(9-11-35)24-36-27-57(30-44(67)68)19-18-55(28-42(63)64)16-17-56(29-43(65)66)20-21-58(36)31-45(69)70/h4-6,8-13,23,36-38H,2-3,7,14-22,24-31H2,1H3,(H,50,72)(H,53,60)(H,54,71)(H,63,64)(H,65,66)(H,67,68)(H,69,70)(H,73,74)(H2,51,52,75). The molecule has 4 rings (SSSR count). The van der Waals surface area contributed by atoms with Crippen LogP contribution in [0.4, 0.5) is 5.69 Å². The van der Waals surface area contributed by atoms with E-state index in [9.17, 15) is 73.5 Å². The highest BCUT2D eigenvalue weighted by molar-refractivity contribution is 7.98. The molecule has 0 radical (unpaired) electrons. The average molecular weight is 1100 g/mol. The number of imide groups is 1. The van der Waals surface area contributed by atoms with Gasteiger partial charge in [-0.2, -0.15) is 11.8 Å². The number of nitrogens with zero attached hydrogens (tertiary/aromatic N) is 5. The summed E-state index contributed by atoms with van der Waals surface area (Å²) in [7, 11) is 0. The van der Waals surface area contributed by atoms with Gasteiger partial charge < -0.3 is 52.1 Å². The third-order valence-electron chi connectivity index (χ3n) is 12.2. The van der Waals surface area contributed by atoms with Gasteiger partial charge in [-0.15, -0.1) is 0 Å². The van der Waals surface area contributed by atoms with Crippen LogP contribution < -0.4 is 26.6 Å². The summed E-state index contributed by atoms with van der Waals surface area (Å²) in [6.07, 6.45) is 5.25. The third kappa shape index (κ3) is 22.4. The lowest BCUT2D eigenvalue weighted by atomic mass is 10.0. The molecule has 3 atom stereocenters. The summed E-state index contributed by atoms with van der Waals surface area (Å²) >= 11 is 7.00. The van der Waals surface area contributed by atoms with E-state index in [0.29, 0.717) is 23.4 Å². The highest BCUT2D eigenvalue weighted by Gasteiger charge is 2.29. The summed E-state index contributed by atoms with van der Waals surface area (Å²) in [6.45, 7) is -0.610. The Bertz CT molecular complexity index is 2410. The van der Waals surface area contributed by atoms with Crippen molar-refractivity contribution < 1.29 is 73.5 Å². The number of amides is 5. The molecule has 1 fully saturated rings. The molecule has 5 amide bonds. The minimum absolute atomic E-state index is 0.0137. The molecule has 0 saturated carbocycles. The maximum absolute atomic E-state index is 13.5. The van der Waals surface area contributed by atoms with Crippen molar-refractivity contribution in [1.82, 2.24) is 45.8 Å². The zero-order chi connectivity index (χ0) is 55.7. The minimum Gasteiger partial charge on any atom is -0.480 e. The second kappa shape index (κ2) is 31.8. The van der Waals surface area contributed by atoms with Crippen LogP contribution in [0.15, 0.2) is 60.7 Å². The number of hydrogen-bond donors (Lipinski definition) is 10. The molecule has 0 bridgehead atoms. The first-order valence-electron chi connectivity index (χ1n) is 24.3. The van der Waals surface area contributed by atoms with E-state index >= 15 is 0 Å². The van der Waals surface area contributed by atoms with Crippen LogP contribution in [0.3, 0.4) is 0 Å². The van der Waals surface area contributed by atoms with E-state index in [1.54, 1.807) is 68.1 Å². The van der Waals surface area contributed by atoms with Crippen molar-refractivity contribution in [3.63, 3.8) is 0 Å². The first-order chi connectivity index (χ1) is 36.2. The Labute approximate surface area is 448 Å². The highest BCUT2D eigenvalue weighted by Crippen LogP contribution is 2.17. The van der Waals surface area contributed by atoms with Crippen LogP contribution in [0.5, 0.6) is 0 Å². The van der Waals surface area contributed by atoms with Gasteiger partial charge in [0.1, 0.15) is 12.1 Å². The maximum Gasteiger partial charge on any atom is 0.326 e. The SMILES string of the molecule is CSCCC(NC(=O)c1cccc(CNC(=S)Nc2ccc(CC3CN(CC(=O)O)CCN(CC(=O)O)CCN(CC(=O)O)CCN3CC(=O)O)cc2)c1)C(=O)NCC(=O)NC(CCCCN1C(=O)C=CC1=O)C(=O)O. The molecule has 76 heavy (non-hydrogen) atoms. The van der Waals surface area contributed by atoms with E-state index in [0.717, 1.165) is 22.6 Å². The molecule has 10 N–H and O–H groups in total. The van der Waals surface area contributed by atoms with Gasteiger partial charge in [0.2, 0.25) is 11.8 Å². The first-order valence-corrected chi connectivity index (χ1v) is 26.1. The molecule has 3 unspecified atom stereocenters. The van der Waals surface area contributed by atoms with E-state index in [4.69, 9.17) is 12.2 Å². The molecule has 1 saturated heterocycles. The molecular weight excluding hydrogens is 1030 g/mol. The van der Waals surface area contributed by atoms with Crippen molar-refractivity contribution in [3.05, 3.63) is 77.4 Å². The van der Waals surface area contributed by atoms with Crippen molar-refractivity contribution in [2.24, 2.45) is 0 Å². The second-order valence-corrected chi connectivity index (χ2v) is 19.4. The molecule has 0 spiro atoms. The molecule has 27 heteroatoms. The number of rotatable bonds is 28. The van der Waals surface area contributed by atoms with Crippen molar-refractivity contribution in [2.45, 2.75) is 56.8 Å². The molecule has 0 aliphatic carbocycles. The Balaban J connectivity index is 1.33. The lowest BCUT2D eigenvalue weighted by Crippen LogP contribution is -2.53. The second-order valence-electron chi connectivity index (χ2n) is 18.0. The topological polar surface area (TPSA) is 348 Å². The quantitative estimate of drug-likeness (QED) is 0.0285. The largest absolute Gasteiger partial charge is 0.480 e. The lowest BCUT2D eigenvalue weighted by Gasteiger charge is -2.37. The van der Waals surface area contributed by atoms with Crippen LogP contribution in [-0.2, 0) is 56.1 Å². The van der Waals surface area contributed by atoms with E-state index in [2.05, 4.69) is 26.6 Å². The zero-order valence-electron chi connectivity index (χ0n) is 42.0. The van der Waals surface area contributed by atoms with Gasteiger partial charge >= 0.3 is 29.8 Å². The number of thioether (sulfide) groups is 1. The Morgan fingerprint density at radius 3 is 1.87 bits per heavy atom. The van der Waals surface area contributed by atoms with Gasteiger partial charge in [-0.25, -0.2) is 4.79 Å². The molecule has 2 aliphatic rings. The van der Waals surface area contributed by atoms with Crippen LogP contribution >= 0.6 is 24.0 Å². The smallest absolute Gasteiger partial charge is 0.326 e. The molecule has 414 valence electrons. The van der Waals surface area contributed by atoms with Crippen LogP contribution in [0.25, 0.3) is 0 Å². The number of unbranched alkanes of at least 4 members (excludes halogenated alkanes) is 1. The molecular formula is C49H66N10O15S2. The number of carbonyl (C=O) groups excluding carboxylic acids is 5. The fourth-order valence-corrected chi connectivity index (χ4v) is 9.00. The number of thiocarbonyl (C=S) groups is 1. The Morgan fingerprint density at radius 2 is 1.28 bits per heavy atom. The van der Waals surface area contributed by atoms with Crippen molar-refractivity contribution >= 4 is 94.2 Å². The number of carbonyl (C=O) groups is 10. The summed E-state index contributed by atoms with van der Waals surface area (Å²) in [5.41, 5.74) is 2.27. The van der Waals surface area contributed by atoms with Gasteiger partial charge in [0.15, 0.2) is 5.11 Å². The Kier molecular flexibility index (Phi) is 25.7. The third-order valence-corrected chi connectivity index (χ3v) is 13.1. The van der Waals surface area contributed by atoms with Crippen LogP contribution in [-0.4, -0.2) is 230 Å². The summed E-state index contributed by atoms with van der Waals surface area (Å²) in [4.78, 5) is 130. The molecule has 0 aromatic heterocycles. The number of hydrogen-bond acceptors (Lipinski definition) is 16. The predicted molar refractivity (Wildman–Crippen MR) is 281 cm³/mol. The molecule has 25 nitrogen and oxygen atoms in total. The lowest BCUT2D eigenvalue weighted by molar-refractivity contribution is -0.142. The number of nitrogens with one attached hydrogen (secondary N) is 5. The summed E-state index contributed by atoms with van der Waals surface area (Å²) < 4.78 is 0. The minimum atomic E-state index is -1.30. The fraction of sp³-hybridized carbons (Fsp3) is 0.490. The highest BCUT2D eigenvalue weighted by atomic mass is 32.2. The summed E-state index contributed by atoms with van der Waals surface area (Å²) in [5, 5.41) is 62.4. The summed E-state index contributed by atoms with van der Waals surface area (Å²) in [6, 6.07) is 10.9. The normalized spacial score (nSPS) is 16.9. The van der Waals surface area contributed by atoms with E-state index in [-0.39, 0.29) is 115 Å². The van der Waals surface area contributed by atoms with Crippen molar-refractivity contribution in [3.8, 4) is 0 Å². The van der Waals surface area contributed by atoms with Crippen LogP contribution in [0.1, 0.15) is 47.2 Å². The first kappa shape index (κ1) is 61.5. The van der Waals surface area contributed by atoms with Gasteiger partial charge in [-0.3, -0.25) is 67.7 Å². The van der Waals surface area contributed by atoms with Gasteiger partial charge in [-0.05, 0) is 91.7 Å². The maximum atomic E-state index is 13.5. The van der Waals surface area contributed by atoms with Gasteiger partial charge in [-0.1, -0.05) is 24.3 Å². The van der Waals surface area contributed by atoms with Gasteiger partial charge in [0.05, 0.1) is 32.7 Å². The molecule has 2 heterocycles.